The first-order valence-corrected chi connectivity index (χ1v) is 10.1. The number of nitrogens with one attached hydrogen (secondary N) is 1. The maximum absolute atomic E-state index is 11.8. The van der Waals surface area contributed by atoms with Crippen LogP contribution >= 0.6 is 21.5 Å². The van der Waals surface area contributed by atoms with Crippen molar-refractivity contribution in [3.05, 3.63) is 39.7 Å². The molecule has 1 N–H and O–H groups in total. The van der Waals surface area contributed by atoms with E-state index in [1.807, 2.05) is 29.3 Å². The number of H-pyrrole nitrogens is 1. The second-order valence-corrected chi connectivity index (χ2v) is 7.79. The molecule has 2 aliphatic rings. The number of aromatic nitrogens is 2. The van der Waals surface area contributed by atoms with E-state index in [0.29, 0.717) is 22.9 Å². The summed E-state index contributed by atoms with van der Waals surface area (Å²) in [6.45, 7) is 12.6. The Bertz CT molecular complexity index is 625. The molecule has 0 spiro atoms. The van der Waals surface area contributed by atoms with E-state index < -0.39 is 0 Å². The number of nitrogens with zero attached hydrogens (tertiary/aromatic N) is 1. The van der Waals surface area contributed by atoms with Crippen molar-refractivity contribution in [3.63, 3.8) is 0 Å². The molecule has 1 aromatic rings. The molecule has 0 amide bonds. The molecule has 0 saturated carbocycles. The molecule has 3 heterocycles. The van der Waals surface area contributed by atoms with Crippen LogP contribution < -0.4 is 5.69 Å². The summed E-state index contributed by atoms with van der Waals surface area (Å²) < 4.78 is 8.21. The summed E-state index contributed by atoms with van der Waals surface area (Å²) in [4.78, 5) is 14.5. The van der Waals surface area contributed by atoms with Crippen LogP contribution in [-0.2, 0) is 109 Å². The van der Waals surface area contributed by atoms with Crippen LogP contribution in [0, 0.1) is 17.5 Å². The van der Waals surface area contributed by atoms with Crippen LogP contribution in [-0.4, -0.2) is 21.3 Å². The number of hydrogen-bond donors (Lipinski definition) is 1. The molecule has 9 heteroatoms. The molecule has 1 saturated heterocycles. The Labute approximate surface area is 247 Å². The molecule has 4 bridgehead atoms. The molecule has 4 nitrogen and oxygen atoms in total. The minimum Gasteiger partial charge on any atom is -0.373 e. The molecule has 0 aromatic carbocycles. The average molecular weight is 638 g/mol. The largest absolute Gasteiger partial charge is 0.373 e. The fourth-order valence-corrected chi connectivity index (χ4v) is 2.97. The monoisotopic (exact) mass is 638 g/mol. The van der Waals surface area contributed by atoms with Crippen molar-refractivity contribution in [2.24, 2.45) is 0 Å². The Morgan fingerprint density at radius 3 is 2.48 bits per heavy atom. The third kappa shape index (κ3) is 11.8. The summed E-state index contributed by atoms with van der Waals surface area (Å²) >= 11 is 5.22. The average Bonchev–Trinajstić information content (AvgIpc) is 3.02. The van der Waals surface area contributed by atoms with Gasteiger partial charge in [0.1, 0.15) is 4.64 Å². The zero-order valence-electron chi connectivity index (χ0n) is 17.2. The van der Waals surface area contributed by atoms with Gasteiger partial charge in [-0.3, -0.25) is 10.9 Å². The van der Waals surface area contributed by atoms with Crippen LogP contribution in [0.15, 0.2) is 11.0 Å². The SMILES string of the molecule is CC.C[C-]1CC2CC[C@@H](O2)c2cn(c(=O)[nH]c2=S)C1.[CH2-]C([PH3+])CC.[Y].[Y].[Y]. The molecule has 3 rings (SSSR count). The standard InChI is InChI=1S/C12H15N2O2S.C4H10P.C2H6.3Y/c1-7-4-8-2-3-10(16-8)9-6-14(5-7)12(15)13-11(9)17;1-3-4(2)5;1-2;;;/h6,8,10H,2-5H2,1H3,(H,13,15,17);4H,2-3,5H2,1H3;1-2H3;;;/q2*-1;;;;/p+1/t8?,10-;;;;;/m1...../s1. The second kappa shape index (κ2) is 18.4. The van der Waals surface area contributed by atoms with Gasteiger partial charge >= 0.3 is 5.69 Å². The van der Waals surface area contributed by atoms with Crippen molar-refractivity contribution in [1.29, 1.82) is 0 Å². The van der Waals surface area contributed by atoms with Gasteiger partial charge in [0.2, 0.25) is 0 Å². The van der Waals surface area contributed by atoms with E-state index in [0.717, 1.165) is 24.8 Å². The van der Waals surface area contributed by atoms with Gasteiger partial charge in [-0.1, -0.05) is 54.4 Å². The van der Waals surface area contributed by atoms with Crippen molar-refractivity contribution in [2.45, 2.75) is 77.8 Å². The number of hydrogen-bond acceptors (Lipinski definition) is 3. The molecule has 1 aromatic heterocycles. The maximum atomic E-state index is 11.8. The van der Waals surface area contributed by atoms with E-state index in [2.05, 4.69) is 25.8 Å². The molecule has 3 unspecified atom stereocenters. The molecular formula is C18H32N2O2PSY3-. The van der Waals surface area contributed by atoms with Gasteiger partial charge in [-0.05, 0) is 19.3 Å². The van der Waals surface area contributed by atoms with E-state index in [1.54, 1.807) is 4.57 Å². The molecule has 3 radical (unpaired) electrons. The van der Waals surface area contributed by atoms with Gasteiger partial charge in [0.15, 0.2) is 0 Å². The van der Waals surface area contributed by atoms with Crippen LogP contribution in [0.5, 0.6) is 0 Å². The minimum absolute atomic E-state index is 0. The summed E-state index contributed by atoms with van der Waals surface area (Å²) in [6, 6.07) is 0. The third-order valence-corrected chi connectivity index (χ3v) is 5.00. The predicted octanol–water partition coefficient (Wildman–Crippen LogP) is 4.35. The normalized spacial score (nSPS) is 21.1. The van der Waals surface area contributed by atoms with Crippen molar-refractivity contribution in [3.8, 4) is 0 Å². The Balaban J connectivity index is -0.000000509. The number of aromatic amines is 1. The predicted molar refractivity (Wildman–Crippen MR) is 108 cm³/mol. The molecule has 4 atom stereocenters. The fraction of sp³-hybridized carbons (Fsp3) is 0.667. The van der Waals surface area contributed by atoms with E-state index in [9.17, 15) is 4.79 Å². The zero-order valence-corrected chi connectivity index (χ0v) is 27.9. The van der Waals surface area contributed by atoms with Crippen LogP contribution in [0.25, 0.3) is 0 Å². The van der Waals surface area contributed by atoms with Gasteiger partial charge in [-0.2, -0.15) is 6.92 Å². The fourth-order valence-electron chi connectivity index (χ4n) is 2.70. The Hall–Kier alpha value is 2.80. The first kappa shape index (κ1) is 34.4. The zero-order chi connectivity index (χ0) is 18.3. The summed E-state index contributed by atoms with van der Waals surface area (Å²) in [5.41, 5.74) is 1.49. The van der Waals surface area contributed by atoms with E-state index in [4.69, 9.17) is 17.0 Å². The maximum Gasteiger partial charge on any atom is 0.324 e. The van der Waals surface area contributed by atoms with Gasteiger partial charge in [-0.25, -0.2) is 4.79 Å². The van der Waals surface area contributed by atoms with Crippen LogP contribution in [0.2, 0.25) is 0 Å². The van der Waals surface area contributed by atoms with Crippen LogP contribution in [0.4, 0.5) is 0 Å². The Kier molecular flexibility index (Phi) is 23.4. The molecule has 2 aliphatic heterocycles. The first-order valence-electron chi connectivity index (χ1n) is 8.87. The smallest absolute Gasteiger partial charge is 0.324 e. The third-order valence-electron chi connectivity index (χ3n) is 4.09. The second-order valence-electron chi connectivity index (χ2n) is 6.23. The van der Waals surface area contributed by atoms with Gasteiger partial charge < -0.3 is 16.2 Å². The number of fused-ring (bicyclic) bond motifs is 5. The van der Waals surface area contributed by atoms with Gasteiger partial charge in [-0.15, -0.1) is 6.42 Å². The van der Waals surface area contributed by atoms with Gasteiger partial charge in [0.05, 0.1) is 6.10 Å². The molecule has 147 valence electrons. The van der Waals surface area contributed by atoms with Crippen LogP contribution in [0.3, 0.4) is 0 Å². The summed E-state index contributed by atoms with van der Waals surface area (Å²) in [7, 11) is 1.94. The topological polar surface area (TPSA) is 47.0 Å². The molecule has 27 heavy (non-hydrogen) atoms. The first-order chi connectivity index (χ1) is 11.4. The molecular weight excluding hydrogens is 606 g/mol. The molecule has 1 fully saturated rings. The quantitative estimate of drug-likeness (QED) is 0.283. The number of ether oxygens (including phenoxy) is 1. The Morgan fingerprint density at radius 2 is 1.96 bits per heavy atom. The van der Waals surface area contributed by atoms with Crippen molar-refractivity contribution in [1.82, 2.24) is 9.55 Å². The summed E-state index contributed by atoms with van der Waals surface area (Å²) in [5.74, 6) is 1.27. The van der Waals surface area contributed by atoms with E-state index in [-0.39, 0.29) is 110 Å². The van der Waals surface area contributed by atoms with E-state index in [1.165, 1.54) is 12.3 Å². The Morgan fingerprint density at radius 1 is 1.41 bits per heavy atom. The van der Waals surface area contributed by atoms with Gasteiger partial charge in [0.25, 0.3) is 0 Å². The van der Waals surface area contributed by atoms with Crippen molar-refractivity contribution < 1.29 is 103 Å². The number of rotatable bonds is 1. The van der Waals surface area contributed by atoms with E-state index >= 15 is 0 Å². The minimum atomic E-state index is -0.129. The van der Waals surface area contributed by atoms with Crippen LogP contribution in [0.1, 0.15) is 65.0 Å². The summed E-state index contributed by atoms with van der Waals surface area (Å²) in [5, 5.41) is 0. The van der Waals surface area contributed by atoms with Gasteiger partial charge in [0, 0.05) is 116 Å². The summed E-state index contributed by atoms with van der Waals surface area (Å²) in [6.07, 6.45) is 6.43. The van der Waals surface area contributed by atoms with Crippen molar-refractivity contribution >= 4 is 21.5 Å². The van der Waals surface area contributed by atoms with Crippen molar-refractivity contribution in [2.75, 3.05) is 0 Å². The molecule has 0 aliphatic carbocycles.